The quantitative estimate of drug-likeness (QED) is 0.863. The van der Waals surface area contributed by atoms with Gasteiger partial charge < -0.3 is 14.9 Å². The minimum atomic E-state index is -0.0952. The zero-order valence-electron chi connectivity index (χ0n) is 9.91. The van der Waals surface area contributed by atoms with E-state index in [4.69, 9.17) is 14.9 Å². The molecule has 0 spiro atoms. The van der Waals surface area contributed by atoms with E-state index in [1.807, 2.05) is 19.1 Å². The molecule has 1 aromatic carbocycles. The first-order chi connectivity index (χ1) is 7.65. The molecule has 2 aromatic rings. The summed E-state index contributed by atoms with van der Waals surface area (Å²) in [4.78, 5) is 0. The highest BCUT2D eigenvalue weighted by Gasteiger charge is 2.12. The second kappa shape index (κ2) is 4.18. The van der Waals surface area contributed by atoms with Crippen molar-refractivity contribution in [2.24, 2.45) is 5.73 Å². The van der Waals surface area contributed by atoms with E-state index >= 15 is 0 Å². The minimum absolute atomic E-state index is 0.0952. The standard InChI is InChI=1S/C13H17NO2/c1-4-9-5-10-7-11(8(2)14)16-13(10)12(6-9)15-3/h5-8H,4,14H2,1-3H3. The maximum absolute atomic E-state index is 5.81. The second-order valence-electron chi connectivity index (χ2n) is 4.01. The van der Waals surface area contributed by atoms with Crippen molar-refractivity contribution < 1.29 is 9.15 Å². The third kappa shape index (κ3) is 1.78. The van der Waals surface area contributed by atoms with Gasteiger partial charge in [0.2, 0.25) is 0 Å². The molecule has 86 valence electrons. The highest BCUT2D eigenvalue weighted by molar-refractivity contribution is 5.84. The van der Waals surface area contributed by atoms with Gasteiger partial charge in [0, 0.05) is 5.39 Å². The lowest BCUT2D eigenvalue weighted by molar-refractivity contribution is 0.405. The molecule has 1 heterocycles. The van der Waals surface area contributed by atoms with Crippen molar-refractivity contribution in [1.29, 1.82) is 0 Å². The van der Waals surface area contributed by atoms with Crippen LogP contribution in [0, 0.1) is 0 Å². The normalized spacial score (nSPS) is 13.0. The number of benzene rings is 1. The summed E-state index contributed by atoms with van der Waals surface area (Å²) in [6.45, 7) is 4.03. The molecule has 3 nitrogen and oxygen atoms in total. The summed E-state index contributed by atoms with van der Waals surface area (Å²) in [5.41, 5.74) is 7.83. The van der Waals surface area contributed by atoms with E-state index in [1.54, 1.807) is 7.11 Å². The molecule has 0 bridgehead atoms. The molecular formula is C13H17NO2. The van der Waals surface area contributed by atoms with Crippen LogP contribution in [0.5, 0.6) is 5.75 Å². The largest absolute Gasteiger partial charge is 0.493 e. The third-order valence-corrected chi connectivity index (χ3v) is 2.74. The maximum atomic E-state index is 5.81. The van der Waals surface area contributed by atoms with Gasteiger partial charge in [-0.25, -0.2) is 0 Å². The van der Waals surface area contributed by atoms with E-state index in [0.717, 1.165) is 28.9 Å². The van der Waals surface area contributed by atoms with Crippen LogP contribution in [0.4, 0.5) is 0 Å². The molecule has 0 fully saturated rings. The van der Waals surface area contributed by atoms with E-state index in [1.165, 1.54) is 5.56 Å². The topological polar surface area (TPSA) is 48.4 Å². The first-order valence-corrected chi connectivity index (χ1v) is 5.51. The summed E-state index contributed by atoms with van der Waals surface area (Å²) in [5.74, 6) is 1.57. The highest BCUT2D eigenvalue weighted by atomic mass is 16.5. The summed E-state index contributed by atoms with van der Waals surface area (Å²) >= 11 is 0. The number of ether oxygens (including phenoxy) is 1. The fourth-order valence-corrected chi connectivity index (χ4v) is 1.78. The number of aryl methyl sites for hydroxylation is 1. The first kappa shape index (κ1) is 11.0. The van der Waals surface area contributed by atoms with E-state index in [0.29, 0.717) is 0 Å². The number of fused-ring (bicyclic) bond motifs is 1. The van der Waals surface area contributed by atoms with Crippen LogP contribution in [-0.2, 0) is 6.42 Å². The van der Waals surface area contributed by atoms with Crippen LogP contribution >= 0.6 is 0 Å². The Hall–Kier alpha value is -1.48. The molecule has 2 N–H and O–H groups in total. The van der Waals surface area contributed by atoms with Crippen molar-refractivity contribution in [2.45, 2.75) is 26.3 Å². The van der Waals surface area contributed by atoms with Gasteiger partial charge in [-0.2, -0.15) is 0 Å². The van der Waals surface area contributed by atoms with Gasteiger partial charge in [-0.05, 0) is 37.1 Å². The van der Waals surface area contributed by atoms with Crippen molar-refractivity contribution in [3.63, 3.8) is 0 Å². The summed E-state index contributed by atoms with van der Waals surface area (Å²) in [6, 6.07) is 6.02. The third-order valence-electron chi connectivity index (χ3n) is 2.74. The molecule has 0 saturated carbocycles. The van der Waals surface area contributed by atoms with Crippen molar-refractivity contribution in [1.82, 2.24) is 0 Å². The number of furan rings is 1. The summed E-state index contributed by atoms with van der Waals surface area (Å²) in [7, 11) is 1.66. The second-order valence-corrected chi connectivity index (χ2v) is 4.01. The molecule has 3 heteroatoms. The van der Waals surface area contributed by atoms with Gasteiger partial charge in [0.25, 0.3) is 0 Å². The molecule has 16 heavy (non-hydrogen) atoms. The number of methoxy groups -OCH3 is 1. The average molecular weight is 219 g/mol. The molecule has 2 rings (SSSR count). The molecule has 0 aliphatic rings. The van der Waals surface area contributed by atoms with Gasteiger partial charge in [-0.1, -0.05) is 6.92 Å². The molecule has 0 radical (unpaired) electrons. The summed E-state index contributed by atoms with van der Waals surface area (Å²) in [5, 5.41) is 1.06. The Morgan fingerprint density at radius 1 is 1.38 bits per heavy atom. The highest BCUT2D eigenvalue weighted by Crippen LogP contribution is 2.32. The monoisotopic (exact) mass is 219 g/mol. The van der Waals surface area contributed by atoms with E-state index in [-0.39, 0.29) is 6.04 Å². The lowest BCUT2D eigenvalue weighted by Gasteiger charge is -2.03. The molecule has 1 atom stereocenters. The minimum Gasteiger partial charge on any atom is -0.493 e. The Bertz CT molecular complexity index is 500. The Kier molecular flexibility index (Phi) is 2.88. The molecule has 0 amide bonds. The number of rotatable bonds is 3. The Balaban J connectivity index is 2.65. The lowest BCUT2D eigenvalue weighted by Crippen LogP contribution is -2.02. The number of nitrogens with two attached hydrogens (primary N) is 1. The first-order valence-electron chi connectivity index (χ1n) is 5.51. The predicted octanol–water partition coefficient (Wildman–Crippen LogP) is 3.02. The van der Waals surface area contributed by atoms with Gasteiger partial charge in [-0.15, -0.1) is 0 Å². The zero-order chi connectivity index (χ0) is 11.7. The van der Waals surface area contributed by atoms with Crippen LogP contribution in [0.25, 0.3) is 11.0 Å². The fourth-order valence-electron chi connectivity index (χ4n) is 1.78. The predicted molar refractivity (Wildman–Crippen MR) is 64.7 cm³/mol. The van der Waals surface area contributed by atoms with E-state index < -0.39 is 0 Å². The number of hydrogen-bond acceptors (Lipinski definition) is 3. The van der Waals surface area contributed by atoms with Crippen molar-refractivity contribution in [3.8, 4) is 5.75 Å². The van der Waals surface area contributed by atoms with Crippen LogP contribution in [0.1, 0.15) is 31.2 Å². The van der Waals surface area contributed by atoms with Crippen LogP contribution in [0.3, 0.4) is 0 Å². The van der Waals surface area contributed by atoms with Gasteiger partial charge in [-0.3, -0.25) is 0 Å². The Morgan fingerprint density at radius 2 is 2.12 bits per heavy atom. The van der Waals surface area contributed by atoms with Crippen molar-refractivity contribution in [3.05, 3.63) is 29.5 Å². The van der Waals surface area contributed by atoms with Gasteiger partial charge in [0.15, 0.2) is 11.3 Å². The van der Waals surface area contributed by atoms with E-state index in [9.17, 15) is 0 Å². The van der Waals surface area contributed by atoms with Crippen LogP contribution in [-0.4, -0.2) is 7.11 Å². The number of hydrogen-bond donors (Lipinski definition) is 1. The molecule has 0 saturated heterocycles. The molecule has 0 aliphatic heterocycles. The van der Waals surface area contributed by atoms with Crippen LogP contribution < -0.4 is 10.5 Å². The SMILES string of the molecule is CCc1cc(OC)c2oc(C(C)N)cc2c1. The summed E-state index contributed by atoms with van der Waals surface area (Å²) in [6.07, 6.45) is 0.977. The zero-order valence-corrected chi connectivity index (χ0v) is 9.91. The average Bonchev–Trinajstić information content (AvgIpc) is 2.71. The fraction of sp³-hybridized carbons (Fsp3) is 0.385. The van der Waals surface area contributed by atoms with E-state index in [2.05, 4.69) is 13.0 Å². The van der Waals surface area contributed by atoms with Gasteiger partial charge in [0.05, 0.1) is 13.2 Å². The molecule has 1 unspecified atom stereocenters. The maximum Gasteiger partial charge on any atom is 0.176 e. The van der Waals surface area contributed by atoms with Crippen molar-refractivity contribution >= 4 is 11.0 Å². The van der Waals surface area contributed by atoms with Gasteiger partial charge >= 0.3 is 0 Å². The molecular weight excluding hydrogens is 202 g/mol. The van der Waals surface area contributed by atoms with Crippen molar-refractivity contribution in [2.75, 3.05) is 7.11 Å². The summed E-state index contributed by atoms with van der Waals surface area (Å²) < 4.78 is 11.0. The molecule has 0 aliphatic carbocycles. The van der Waals surface area contributed by atoms with Crippen LogP contribution in [0.15, 0.2) is 22.6 Å². The Labute approximate surface area is 95.2 Å². The van der Waals surface area contributed by atoms with Gasteiger partial charge in [0.1, 0.15) is 5.76 Å². The lowest BCUT2D eigenvalue weighted by atomic mass is 10.1. The smallest absolute Gasteiger partial charge is 0.176 e. The molecule has 1 aromatic heterocycles. The Morgan fingerprint density at radius 3 is 2.69 bits per heavy atom. The van der Waals surface area contributed by atoms with Crippen LogP contribution in [0.2, 0.25) is 0 Å².